The average molecular weight is 228 g/mol. The van der Waals surface area contributed by atoms with Crippen LogP contribution in [0.2, 0.25) is 0 Å². The minimum atomic E-state index is -0.213. The van der Waals surface area contributed by atoms with Gasteiger partial charge in [0.05, 0.1) is 6.54 Å². The molecule has 0 aliphatic carbocycles. The molecule has 0 radical (unpaired) electrons. The van der Waals surface area contributed by atoms with Gasteiger partial charge in [0, 0.05) is 33.1 Å². The Hall–Kier alpha value is -0.810. The summed E-state index contributed by atoms with van der Waals surface area (Å²) < 4.78 is 10.5. The highest BCUT2D eigenvalue weighted by Gasteiger charge is 2.45. The first-order chi connectivity index (χ1) is 7.76. The molecule has 5 nitrogen and oxygen atoms in total. The van der Waals surface area contributed by atoms with Gasteiger partial charge in [-0.1, -0.05) is 0 Å². The zero-order chi connectivity index (χ0) is 11.4. The molecule has 0 saturated carbocycles. The molecule has 1 amide bonds. The number of nitrogens with one attached hydrogen (secondary N) is 1. The topological polar surface area (TPSA) is 50.8 Å². The van der Waals surface area contributed by atoms with Gasteiger partial charge in [0.1, 0.15) is 5.60 Å². The van der Waals surface area contributed by atoms with Crippen molar-refractivity contribution in [3.63, 3.8) is 0 Å². The van der Waals surface area contributed by atoms with Crippen LogP contribution >= 0.6 is 0 Å². The minimum Gasteiger partial charge on any atom is -0.441 e. The van der Waals surface area contributed by atoms with Crippen molar-refractivity contribution in [2.45, 2.75) is 24.9 Å². The fourth-order valence-electron chi connectivity index (χ4n) is 2.41. The van der Waals surface area contributed by atoms with E-state index in [1.807, 2.05) is 4.90 Å². The highest BCUT2D eigenvalue weighted by atomic mass is 16.6. The monoisotopic (exact) mass is 228 g/mol. The fourth-order valence-corrected chi connectivity index (χ4v) is 2.41. The first kappa shape index (κ1) is 11.7. The normalized spacial score (nSPS) is 23.8. The second kappa shape index (κ2) is 5.01. The summed E-state index contributed by atoms with van der Waals surface area (Å²) in [5.74, 6) is 0. The molecule has 16 heavy (non-hydrogen) atoms. The second-order valence-corrected chi connectivity index (χ2v) is 4.57. The smallest absolute Gasteiger partial charge is 0.410 e. The molecule has 2 rings (SSSR count). The van der Waals surface area contributed by atoms with Crippen LogP contribution in [0.4, 0.5) is 4.79 Å². The molecule has 1 spiro atoms. The summed E-state index contributed by atoms with van der Waals surface area (Å²) in [6.45, 7) is 4.07. The number of hydrogen-bond donors (Lipinski definition) is 1. The molecule has 0 aromatic carbocycles. The van der Waals surface area contributed by atoms with Gasteiger partial charge in [-0.25, -0.2) is 4.79 Å². The number of methoxy groups -OCH3 is 1. The lowest BCUT2D eigenvalue weighted by atomic mass is 9.92. The molecule has 0 unspecified atom stereocenters. The average Bonchev–Trinajstić information content (AvgIpc) is 2.57. The molecule has 2 heterocycles. The Morgan fingerprint density at radius 2 is 2.25 bits per heavy atom. The Kier molecular flexibility index (Phi) is 3.66. The van der Waals surface area contributed by atoms with Gasteiger partial charge in [0.25, 0.3) is 0 Å². The number of ether oxygens (including phenoxy) is 2. The van der Waals surface area contributed by atoms with Crippen molar-refractivity contribution in [1.82, 2.24) is 10.2 Å². The van der Waals surface area contributed by atoms with Crippen LogP contribution in [-0.4, -0.2) is 56.5 Å². The van der Waals surface area contributed by atoms with Crippen molar-refractivity contribution in [1.29, 1.82) is 0 Å². The van der Waals surface area contributed by atoms with Gasteiger partial charge in [-0.2, -0.15) is 0 Å². The molecule has 0 bridgehead atoms. The molecule has 2 fully saturated rings. The molecule has 92 valence electrons. The summed E-state index contributed by atoms with van der Waals surface area (Å²) >= 11 is 0. The van der Waals surface area contributed by atoms with Gasteiger partial charge >= 0.3 is 6.09 Å². The van der Waals surface area contributed by atoms with Gasteiger partial charge in [-0.3, -0.25) is 0 Å². The Labute approximate surface area is 96.1 Å². The molecule has 1 N–H and O–H groups in total. The Balaban J connectivity index is 1.85. The summed E-state index contributed by atoms with van der Waals surface area (Å²) in [4.78, 5) is 13.5. The largest absolute Gasteiger partial charge is 0.441 e. The van der Waals surface area contributed by atoms with Crippen molar-refractivity contribution in [3.8, 4) is 0 Å². The highest BCUT2D eigenvalue weighted by Crippen LogP contribution is 2.30. The number of piperidine rings is 1. The molecule has 0 atom stereocenters. The van der Waals surface area contributed by atoms with Gasteiger partial charge in [-0.05, 0) is 19.5 Å². The van der Waals surface area contributed by atoms with Gasteiger partial charge < -0.3 is 19.7 Å². The lowest BCUT2D eigenvalue weighted by Crippen LogP contribution is -2.44. The Morgan fingerprint density at radius 3 is 2.94 bits per heavy atom. The van der Waals surface area contributed by atoms with Crippen molar-refractivity contribution < 1.29 is 14.3 Å². The van der Waals surface area contributed by atoms with E-state index in [1.165, 1.54) is 0 Å². The number of hydrogen-bond acceptors (Lipinski definition) is 4. The van der Waals surface area contributed by atoms with E-state index in [1.54, 1.807) is 7.11 Å². The SMILES string of the molecule is COCCCN1CC2(CCNCC2)OC1=O. The van der Waals surface area contributed by atoms with Crippen molar-refractivity contribution in [2.24, 2.45) is 0 Å². The van der Waals surface area contributed by atoms with E-state index in [-0.39, 0.29) is 11.7 Å². The Bertz CT molecular complexity index is 252. The maximum absolute atomic E-state index is 11.7. The first-order valence-electron chi connectivity index (χ1n) is 5.93. The number of amides is 1. The van der Waals surface area contributed by atoms with Gasteiger partial charge in [-0.15, -0.1) is 0 Å². The molecular formula is C11H20N2O3. The standard InChI is InChI=1S/C11H20N2O3/c1-15-8-2-7-13-9-11(16-10(13)14)3-5-12-6-4-11/h12H,2-9H2,1H3. The lowest BCUT2D eigenvalue weighted by Gasteiger charge is -2.31. The van der Waals surface area contributed by atoms with Crippen LogP contribution in [0.25, 0.3) is 0 Å². The van der Waals surface area contributed by atoms with Crippen molar-refractivity contribution in [3.05, 3.63) is 0 Å². The van der Waals surface area contributed by atoms with Crippen molar-refractivity contribution >= 4 is 6.09 Å². The quantitative estimate of drug-likeness (QED) is 0.716. The summed E-state index contributed by atoms with van der Waals surface area (Å²) in [5.41, 5.74) is -0.213. The maximum atomic E-state index is 11.7. The number of carbonyl (C=O) groups is 1. The van der Waals surface area contributed by atoms with Gasteiger partial charge in [0.15, 0.2) is 0 Å². The third-order valence-electron chi connectivity index (χ3n) is 3.33. The summed E-state index contributed by atoms with van der Waals surface area (Å²) in [6, 6.07) is 0. The van der Waals surface area contributed by atoms with E-state index in [4.69, 9.17) is 9.47 Å². The molecule has 0 aromatic rings. The van der Waals surface area contributed by atoms with Gasteiger partial charge in [0.2, 0.25) is 0 Å². The third-order valence-corrected chi connectivity index (χ3v) is 3.33. The maximum Gasteiger partial charge on any atom is 0.410 e. The van der Waals surface area contributed by atoms with Crippen LogP contribution < -0.4 is 5.32 Å². The summed E-state index contributed by atoms with van der Waals surface area (Å²) in [6.07, 6.45) is 2.58. The van der Waals surface area contributed by atoms with E-state index in [2.05, 4.69) is 5.32 Å². The number of rotatable bonds is 4. The third kappa shape index (κ3) is 2.47. The van der Waals surface area contributed by atoms with E-state index < -0.39 is 0 Å². The van der Waals surface area contributed by atoms with E-state index in [9.17, 15) is 4.79 Å². The fraction of sp³-hybridized carbons (Fsp3) is 0.909. The van der Waals surface area contributed by atoms with E-state index in [0.29, 0.717) is 6.61 Å². The van der Waals surface area contributed by atoms with Crippen LogP contribution in [0.3, 0.4) is 0 Å². The van der Waals surface area contributed by atoms with E-state index >= 15 is 0 Å². The van der Waals surface area contributed by atoms with Crippen LogP contribution in [0.15, 0.2) is 0 Å². The second-order valence-electron chi connectivity index (χ2n) is 4.57. The number of nitrogens with zero attached hydrogens (tertiary/aromatic N) is 1. The molecule has 2 aliphatic heterocycles. The van der Waals surface area contributed by atoms with Crippen LogP contribution in [0.5, 0.6) is 0 Å². The lowest BCUT2D eigenvalue weighted by molar-refractivity contribution is 0.0316. The summed E-state index contributed by atoms with van der Waals surface area (Å²) in [5, 5.41) is 3.29. The molecule has 2 saturated heterocycles. The molecule has 5 heteroatoms. The predicted octanol–water partition coefficient (Wildman–Crippen LogP) is 0.597. The molecular weight excluding hydrogens is 208 g/mol. The van der Waals surface area contributed by atoms with Crippen LogP contribution in [0.1, 0.15) is 19.3 Å². The zero-order valence-corrected chi connectivity index (χ0v) is 9.83. The van der Waals surface area contributed by atoms with Crippen LogP contribution in [-0.2, 0) is 9.47 Å². The highest BCUT2D eigenvalue weighted by molar-refractivity contribution is 5.70. The Morgan fingerprint density at radius 1 is 1.50 bits per heavy atom. The van der Waals surface area contributed by atoms with Crippen molar-refractivity contribution in [2.75, 3.05) is 39.9 Å². The molecule has 2 aliphatic rings. The summed E-state index contributed by atoms with van der Waals surface area (Å²) in [7, 11) is 1.68. The zero-order valence-electron chi connectivity index (χ0n) is 9.83. The van der Waals surface area contributed by atoms with Crippen LogP contribution in [0, 0.1) is 0 Å². The predicted molar refractivity (Wildman–Crippen MR) is 59.4 cm³/mol. The minimum absolute atomic E-state index is 0.155. The molecule has 0 aromatic heterocycles. The number of carbonyl (C=O) groups excluding carboxylic acids is 1. The first-order valence-corrected chi connectivity index (χ1v) is 5.93. The van der Waals surface area contributed by atoms with E-state index in [0.717, 1.165) is 45.4 Å².